The van der Waals surface area contributed by atoms with Crippen molar-refractivity contribution in [2.75, 3.05) is 0 Å². The van der Waals surface area contributed by atoms with Gasteiger partial charge in [-0.05, 0) is 25.7 Å². The molecule has 0 radical (unpaired) electrons. The summed E-state index contributed by atoms with van der Waals surface area (Å²) in [5.41, 5.74) is 0. The number of rotatable bonds is 7. The van der Waals surface area contributed by atoms with Gasteiger partial charge in [0.1, 0.15) is 6.29 Å². The van der Waals surface area contributed by atoms with Crippen LogP contribution in [0.4, 0.5) is 0 Å². The van der Waals surface area contributed by atoms with Crippen molar-refractivity contribution in [3.05, 3.63) is 24.3 Å². The Kier molecular flexibility index (Phi) is 9.43. The Bertz CT molecular complexity index is 145. The molecule has 0 unspecified atom stereocenters. The highest BCUT2D eigenvalue weighted by Crippen LogP contribution is 1.96. The third-order valence-electron chi connectivity index (χ3n) is 1.53. The Labute approximate surface area is 75.2 Å². The van der Waals surface area contributed by atoms with Gasteiger partial charge in [-0.25, -0.2) is 0 Å². The quantitative estimate of drug-likeness (QED) is 0.322. The standard InChI is InChI=1S/C11H18O/c1-2-3-4-5-6-7-8-9-10-11-12/h3-4,6-7,11H,2,5,8-10H2,1H3/b4-3-,7-6-. The van der Waals surface area contributed by atoms with E-state index >= 15 is 0 Å². The smallest absolute Gasteiger partial charge is 0.120 e. The van der Waals surface area contributed by atoms with Gasteiger partial charge in [-0.2, -0.15) is 0 Å². The van der Waals surface area contributed by atoms with Gasteiger partial charge in [0, 0.05) is 6.42 Å². The monoisotopic (exact) mass is 166 g/mol. The summed E-state index contributed by atoms with van der Waals surface area (Å²) in [4.78, 5) is 9.94. The Balaban J connectivity index is 3.13. The first-order valence-electron chi connectivity index (χ1n) is 4.65. The van der Waals surface area contributed by atoms with Crippen molar-refractivity contribution in [3.63, 3.8) is 0 Å². The molecule has 0 aliphatic heterocycles. The van der Waals surface area contributed by atoms with E-state index in [-0.39, 0.29) is 0 Å². The minimum atomic E-state index is 0.690. The predicted octanol–water partition coefficient (Wildman–Crippen LogP) is 3.27. The lowest BCUT2D eigenvalue weighted by atomic mass is 10.2. The summed E-state index contributed by atoms with van der Waals surface area (Å²) in [5, 5.41) is 0. The van der Waals surface area contributed by atoms with Crippen LogP contribution in [-0.4, -0.2) is 6.29 Å². The van der Waals surface area contributed by atoms with Crippen LogP contribution in [0.2, 0.25) is 0 Å². The zero-order valence-electron chi connectivity index (χ0n) is 7.83. The fourth-order valence-electron chi connectivity index (χ4n) is 0.875. The predicted molar refractivity (Wildman–Crippen MR) is 53.1 cm³/mol. The van der Waals surface area contributed by atoms with Crippen molar-refractivity contribution in [1.82, 2.24) is 0 Å². The van der Waals surface area contributed by atoms with Gasteiger partial charge in [0.15, 0.2) is 0 Å². The van der Waals surface area contributed by atoms with Crippen LogP contribution >= 0.6 is 0 Å². The molecule has 68 valence electrons. The molecule has 0 amide bonds. The third-order valence-corrected chi connectivity index (χ3v) is 1.53. The Morgan fingerprint density at radius 2 is 1.75 bits per heavy atom. The highest BCUT2D eigenvalue weighted by atomic mass is 16.1. The SMILES string of the molecule is CC/C=C\C/C=C\CCCC=O. The van der Waals surface area contributed by atoms with Crippen molar-refractivity contribution in [2.24, 2.45) is 0 Å². The molecular formula is C11H18O. The molecule has 0 aliphatic carbocycles. The maximum absolute atomic E-state index is 9.94. The van der Waals surface area contributed by atoms with E-state index in [0.717, 1.165) is 32.0 Å². The van der Waals surface area contributed by atoms with E-state index in [2.05, 4.69) is 31.2 Å². The van der Waals surface area contributed by atoms with Gasteiger partial charge in [-0.15, -0.1) is 0 Å². The zero-order chi connectivity index (χ0) is 9.07. The lowest BCUT2D eigenvalue weighted by Gasteiger charge is -1.86. The molecule has 0 aromatic heterocycles. The first kappa shape index (κ1) is 11.2. The lowest BCUT2D eigenvalue weighted by Crippen LogP contribution is -1.73. The molecule has 0 saturated heterocycles. The van der Waals surface area contributed by atoms with Gasteiger partial charge < -0.3 is 4.79 Å². The van der Waals surface area contributed by atoms with Crippen LogP contribution in [0, 0.1) is 0 Å². The summed E-state index contributed by atoms with van der Waals surface area (Å²) in [6.45, 7) is 2.13. The average Bonchev–Trinajstić information content (AvgIpc) is 2.10. The highest BCUT2D eigenvalue weighted by molar-refractivity contribution is 5.48. The second-order valence-corrected chi connectivity index (χ2v) is 2.68. The largest absolute Gasteiger partial charge is 0.303 e. The van der Waals surface area contributed by atoms with E-state index in [1.165, 1.54) is 0 Å². The summed E-state index contributed by atoms with van der Waals surface area (Å²) in [7, 11) is 0. The number of unbranched alkanes of at least 4 members (excludes halogenated alkanes) is 2. The second kappa shape index (κ2) is 10.2. The summed E-state index contributed by atoms with van der Waals surface area (Å²) in [6, 6.07) is 0. The lowest BCUT2D eigenvalue weighted by molar-refractivity contribution is -0.107. The Morgan fingerprint density at radius 1 is 1.00 bits per heavy atom. The molecule has 0 aliphatic rings. The first-order valence-corrected chi connectivity index (χ1v) is 4.65. The van der Waals surface area contributed by atoms with E-state index in [9.17, 15) is 4.79 Å². The molecule has 0 saturated carbocycles. The van der Waals surface area contributed by atoms with Crippen molar-refractivity contribution in [2.45, 2.75) is 39.0 Å². The van der Waals surface area contributed by atoms with Gasteiger partial charge in [-0.1, -0.05) is 31.2 Å². The van der Waals surface area contributed by atoms with E-state index < -0.39 is 0 Å². The topological polar surface area (TPSA) is 17.1 Å². The molecule has 0 aromatic rings. The van der Waals surface area contributed by atoms with Gasteiger partial charge in [0.2, 0.25) is 0 Å². The molecule has 12 heavy (non-hydrogen) atoms. The van der Waals surface area contributed by atoms with Crippen LogP contribution < -0.4 is 0 Å². The maximum atomic E-state index is 9.94. The summed E-state index contributed by atoms with van der Waals surface area (Å²) < 4.78 is 0. The van der Waals surface area contributed by atoms with Gasteiger partial charge in [0.05, 0.1) is 0 Å². The summed E-state index contributed by atoms with van der Waals surface area (Å²) >= 11 is 0. The van der Waals surface area contributed by atoms with Crippen molar-refractivity contribution in [3.8, 4) is 0 Å². The molecule has 1 nitrogen and oxygen atoms in total. The maximum Gasteiger partial charge on any atom is 0.120 e. The summed E-state index contributed by atoms with van der Waals surface area (Å²) in [5.74, 6) is 0. The van der Waals surface area contributed by atoms with Gasteiger partial charge in [0.25, 0.3) is 0 Å². The van der Waals surface area contributed by atoms with E-state index in [1.807, 2.05) is 0 Å². The number of carbonyl (C=O) groups excluding carboxylic acids is 1. The Morgan fingerprint density at radius 3 is 2.42 bits per heavy atom. The van der Waals surface area contributed by atoms with Gasteiger partial charge >= 0.3 is 0 Å². The number of hydrogen-bond donors (Lipinski definition) is 0. The van der Waals surface area contributed by atoms with Crippen molar-refractivity contribution >= 4 is 6.29 Å². The highest BCUT2D eigenvalue weighted by Gasteiger charge is 1.80. The van der Waals surface area contributed by atoms with E-state index in [1.54, 1.807) is 0 Å². The number of aldehydes is 1. The number of allylic oxidation sites excluding steroid dienone is 4. The molecule has 0 rings (SSSR count). The average molecular weight is 166 g/mol. The van der Waals surface area contributed by atoms with E-state index in [0.29, 0.717) is 6.42 Å². The minimum absolute atomic E-state index is 0.690. The molecular weight excluding hydrogens is 148 g/mol. The zero-order valence-corrected chi connectivity index (χ0v) is 7.83. The van der Waals surface area contributed by atoms with Gasteiger partial charge in [-0.3, -0.25) is 0 Å². The molecule has 0 bridgehead atoms. The second-order valence-electron chi connectivity index (χ2n) is 2.68. The minimum Gasteiger partial charge on any atom is -0.303 e. The molecule has 0 aromatic carbocycles. The van der Waals surface area contributed by atoms with Crippen LogP contribution in [-0.2, 0) is 4.79 Å². The van der Waals surface area contributed by atoms with E-state index in [4.69, 9.17) is 0 Å². The summed E-state index contributed by atoms with van der Waals surface area (Å²) in [6.07, 6.45) is 14.4. The first-order chi connectivity index (χ1) is 5.91. The van der Waals surface area contributed by atoms with Crippen LogP contribution in [0.15, 0.2) is 24.3 Å². The molecule has 0 heterocycles. The molecule has 0 atom stereocenters. The van der Waals surface area contributed by atoms with Crippen LogP contribution in [0.3, 0.4) is 0 Å². The van der Waals surface area contributed by atoms with Crippen LogP contribution in [0.25, 0.3) is 0 Å². The van der Waals surface area contributed by atoms with Crippen molar-refractivity contribution < 1.29 is 4.79 Å². The number of hydrogen-bond acceptors (Lipinski definition) is 1. The molecule has 0 N–H and O–H groups in total. The number of carbonyl (C=O) groups is 1. The fourth-order valence-corrected chi connectivity index (χ4v) is 0.875. The molecule has 0 fully saturated rings. The molecule has 1 heteroatoms. The normalized spacial score (nSPS) is 11.4. The van der Waals surface area contributed by atoms with Crippen LogP contribution in [0.5, 0.6) is 0 Å². The van der Waals surface area contributed by atoms with Crippen LogP contribution in [0.1, 0.15) is 39.0 Å². The Hall–Kier alpha value is -0.850. The van der Waals surface area contributed by atoms with Crippen molar-refractivity contribution in [1.29, 1.82) is 0 Å². The molecule has 0 spiro atoms. The third kappa shape index (κ3) is 9.15. The fraction of sp³-hybridized carbons (Fsp3) is 0.545.